The Kier molecular flexibility index (Phi) is 5.25. The van der Waals surface area contributed by atoms with Gasteiger partial charge in [0.1, 0.15) is 0 Å². The molecular weight excluding hydrogens is 372 g/mol. The standard InChI is InChI=1S/C22H26N2O3S/c25-21(23-17-22(13-14-22)19-9-3-1-4-10-19)18-8-7-15-24(16-18)28(26,27)20-11-5-2-6-12-20/h1-6,9-12,18H,7-8,13-17H2,(H,23,25). The molecular formula is C22H26N2O3S. The summed E-state index contributed by atoms with van der Waals surface area (Å²) in [5, 5.41) is 3.10. The minimum Gasteiger partial charge on any atom is -0.355 e. The van der Waals surface area contributed by atoms with E-state index in [9.17, 15) is 13.2 Å². The number of amides is 1. The normalized spacial score (nSPS) is 21.8. The van der Waals surface area contributed by atoms with E-state index in [1.807, 2.05) is 18.2 Å². The summed E-state index contributed by atoms with van der Waals surface area (Å²) in [5.74, 6) is -0.325. The number of carbonyl (C=O) groups excluding carboxylic acids is 1. The molecule has 1 saturated carbocycles. The molecule has 1 aliphatic heterocycles. The molecule has 1 saturated heterocycles. The van der Waals surface area contributed by atoms with Crippen molar-refractivity contribution in [3.63, 3.8) is 0 Å². The van der Waals surface area contributed by atoms with Crippen LogP contribution in [0.2, 0.25) is 0 Å². The highest BCUT2D eigenvalue weighted by atomic mass is 32.2. The molecule has 1 aliphatic carbocycles. The summed E-state index contributed by atoms with van der Waals surface area (Å²) in [4.78, 5) is 13.1. The van der Waals surface area contributed by atoms with Gasteiger partial charge in [-0.15, -0.1) is 0 Å². The molecule has 1 N–H and O–H groups in total. The fourth-order valence-electron chi connectivity index (χ4n) is 4.03. The van der Waals surface area contributed by atoms with E-state index in [-0.39, 0.29) is 28.7 Å². The Hall–Kier alpha value is -2.18. The van der Waals surface area contributed by atoms with Gasteiger partial charge in [0, 0.05) is 25.0 Å². The maximum absolute atomic E-state index is 12.9. The molecule has 5 nitrogen and oxygen atoms in total. The number of nitrogens with zero attached hydrogens (tertiary/aromatic N) is 1. The number of nitrogens with one attached hydrogen (secondary N) is 1. The third-order valence-corrected chi connectivity index (χ3v) is 7.86. The van der Waals surface area contributed by atoms with E-state index in [4.69, 9.17) is 0 Å². The molecule has 0 bridgehead atoms. The van der Waals surface area contributed by atoms with E-state index in [0.29, 0.717) is 19.5 Å². The van der Waals surface area contributed by atoms with E-state index in [1.165, 1.54) is 9.87 Å². The summed E-state index contributed by atoms with van der Waals surface area (Å²) in [6.45, 7) is 1.34. The summed E-state index contributed by atoms with van der Waals surface area (Å²) in [6.07, 6.45) is 3.59. The zero-order chi connectivity index (χ0) is 19.6. The Morgan fingerprint density at radius 3 is 2.32 bits per heavy atom. The van der Waals surface area contributed by atoms with Crippen molar-refractivity contribution in [2.45, 2.75) is 36.0 Å². The third-order valence-electron chi connectivity index (χ3n) is 5.98. The van der Waals surface area contributed by atoms with Crippen LogP contribution in [0, 0.1) is 5.92 Å². The minimum atomic E-state index is -3.55. The number of piperidine rings is 1. The van der Waals surface area contributed by atoms with Gasteiger partial charge in [0.25, 0.3) is 0 Å². The number of hydrogen-bond acceptors (Lipinski definition) is 3. The highest BCUT2D eigenvalue weighted by Gasteiger charge is 2.44. The second-order valence-electron chi connectivity index (χ2n) is 7.88. The van der Waals surface area contributed by atoms with Crippen LogP contribution in [-0.4, -0.2) is 38.3 Å². The first kappa shape index (κ1) is 19.2. The van der Waals surface area contributed by atoms with Crippen molar-refractivity contribution in [1.82, 2.24) is 9.62 Å². The first-order valence-electron chi connectivity index (χ1n) is 9.90. The van der Waals surface area contributed by atoms with Crippen molar-refractivity contribution in [3.8, 4) is 0 Å². The Bertz CT molecular complexity index is 925. The lowest BCUT2D eigenvalue weighted by atomic mass is 9.94. The average Bonchev–Trinajstić information content (AvgIpc) is 3.55. The van der Waals surface area contributed by atoms with Crippen LogP contribution in [0.1, 0.15) is 31.2 Å². The Morgan fingerprint density at radius 1 is 1.04 bits per heavy atom. The van der Waals surface area contributed by atoms with E-state index in [0.717, 1.165) is 19.3 Å². The number of benzene rings is 2. The second kappa shape index (κ2) is 7.68. The van der Waals surface area contributed by atoms with E-state index >= 15 is 0 Å². The summed E-state index contributed by atoms with van der Waals surface area (Å²) < 4.78 is 27.2. The van der Waals surface area contributed by atoms with Gasteiger partial charge in [-0.05, 0) is 43.4 Å². The Morgan fingerprint density at radius 2 is 1.68 bits per heavy atom. The van der Waals surface area contributed by atoms with Gasteiger partial charge in [0.05, 0.1) is 10.8 Å². The van der Waals surface area contributed by atoms with Gasteiger partial charge in [-0.3, -0.25) is 4.79 Å². The summed E-state index contributed by atoms with van der Waals surface area (Å²) in [6, 6.07) is 18.8. The molecule has 1 atom stereocenters. The van der Waals surface area contributed by atoms with Gasteiger partial charge in [-0.25, -0.2) is 8.42 Å². The largest absolute Gasteiger partial charge is 0.355 e. The average molecular weight is 399 g/mol. The molecule has 4 rings (SSSR count). The van der Waals surface area contributed by atoms with Crippen molar-refractivity contribution >= 4 is 15.9 Å². The van der Waals surface area contributed by atoms with Crippen LogP contribution >= 0.6 is 0 Å². The lowest BCUT2D eigenvalue weighted by Gasteiger charge is -2.31. The fraction of sp³-hybridized carbons (Fsp3) is 0.409. The highest BCUT2D eigenvalue weighted by Crippen LogP contribution is 2.47. The van der Waals surface area contributed by atoms with Gasteiger partial charge in [0.15, 0.2) is 0 Å². The topological polar surface area (TPSA) is 66.5 Å². The molecule has 1 unspecified atom stereocenters. The molecule has 1 amide bonds. The van der Waals surface area contributed by atoms with Gasteiger partial charge in [-0.2, -0.15) is 4.31 Å². The molecule has 28 heavy (non-hydrogen) atoms. The lowest BCUT2D eigenvalue weighted by Crippen LogP contribution is -2.46. The zero-order valence-corrected chi connectivity index (χ0v) is 16.7. The van der Waals surface area contributed by atoms with Crippen LogP contribution in [0.25, 0.3) is 0 Å². The number of sulfonamides is 1. The smallest absolute Gasteiger partial charge is 0.243 e. The van der Waals surface area contributed by atoms with Crippen molar-refractivity contribution in [2.24, 2.45) is 5.92 Å². The fourth-order valence-corrected chi connectivity index (χ4v) is 5.57. The Labute approximate surface area is 166 Å². The van der Waals surface area contributed by atoms with Crippen LogP contribution in [0.3, 0.4) is 0 Å². The first-order valence-corrected chi connectivity index (χ1v) is 11.3. The number of rotatable bonds is 6. The highest BCUT2D eigenvalue weighted by molar-refractivity contribution is 7.89. The SMILES string of the molecule is O=C(NCC1(c2ccccc2)CC1)C1CCCN(S(=O)(=O)c2ccccc2)C1. The molecule has 1 heterocycles. The van der Waals surface area contributed by atoms with Crippen molar-refractivity contribution in [1.29, 1.82) is 0 Å². The quantitative estimate of drug-likeness (QED) is 0.814. The van der Waals surface area contributed by atoms with Crippen molar-refractivity contribution in [3.05, 3.63) is 66.2 Å². The first-order chi connectivity index (χ1) is 13.5. The van der Waals surface area contributed by atoms with E-state index in [1.54, 1.807) is 30.3 Å². The van der Waals surface area contributed by atoms with Crippen LogP contribution in [0.5, 0.6) is 0 Å². The summed E-state index contributed by atoms with van der Waals surface area (Å²) >= 11 is 0. The molecule has 0 radical (unpaired) electrons. The van der Waals surface area contributed by atoms with E-state index in [2.05, 4.69) is 17.4 Å². The third kappa shape index (κ3) is 3.84. The van der Waals surface area contributed by atoms with Gasteiger partial charge >= 0.3 is 0 Å². The molecule has 6 heteroatoms. The number of carbonyl (C=O) groups is 1. The lowest BCUT2D eigenvalue weighted by molar-refractivity contribution is -0.126. The predicted molar refractivity (Wildman–Crippen MR) is 108 cm³/mol. The molecule has 2 fully saturated rings. The maximum Gasteiger partial charge on any atom is 0.243 e. The minimum absolute atomic E-state index is 0.0323. The van der Waals surface area contributed by atoms with Crippen LogP contribution < -0.4 is 5.32 Å². The van der Waals surface area contributed by atoms with E-state index < -0.39 is 10.0 Å². The van der Waals surface area contributed by atoms with Gasteiger partial charge in [0.2, 0.25) is 15.9 Å². The van der Waals surface area contributed by atoms with Crippen LogP contribution in [-0.2, 0) is 20.2 Å². The van der Waals surface area contributed by atoms with Gasteiger partial charge in [-0.1, -0.05) is 48.5 Å². The van der Waals surface area contributed by atoms with Gasteiger partial charge < -0.3 is 5.32 Å². The van der Waals surface area contributed by atoms with Crippen LogP contribution in [0.4, 0.5) is 0 Å². The Balaban J connectivity index is 1.39. The predicted octanol–water partition coefficient (Wildman–Crippen LogP) is 2.94. The molecule has 2 aliphatic rings. The van der Waals surface area contributed by atoms with Crippen LogP contribution in [0.15, 0.2) is 65.6 Å². The van der Waals surface area contributed by atoms with Crippen molar-refractivity contribution < 1.29 is 13.2 Å². The summed E-state index contributed by atoms with van der Waals surface area (Å²) in [5.41, 5.74) is 1.33. The molecule has 0 aromatic heterocycles. The maximum atomic E-state index is 12.9. The second-order valence-corrected chi connectivity index (χ2v) is 9.82. The van der Waals surface area contributed by atoms with Crippen molar-refractivity contribution in [2.75, 3.05) is 19.6 Å². The monoisotopic (exact) mass is 398 g/mol. The summed E-state index contributed by atoms with van der Waals surface area (Å²) in [7, 11) is -3.55. The molecule has 0 spiro atoms. The molecule has 2 aromatic rings. The number of hydrogen-bond donors (Lipinski definition) is 1. The molecule has 148 valence electrons. The molecule has 2 aromatic carbocycles. The zero-order valence-electron chi connectivity index (χ0n) is 15.9.